The number of carbonyl (C=O) groups is 2. The normalized spacial score (nSPS) is 36.2. The number of hydrogen-bond donors (Lipinski definition) is 0. The fraction of sp³-hybridized carbons (Fsp3) is 0.286. The molecule has 7 rings (SSSR count). The standard InChI is InChI=1S/C21H16N2O2S/c24-19-17-15-11-5-1-2-6-12(11)16(14-8-4-3-7-13(14)15)18(17)20(25)23(19)21-22-9-10-26-21/h1-12,15-18H/t11-,12+,15-,16-,17-,18+/m0/s1. The van der Waals surface area contributed by atoms with Gasteiger partial charge in [0.1, 0.15) is 0 Å². The van der Waals surface area contributed by atoms with E-state index in [1.807, 2.05) is 17.5 Å². The number of thiazole rings is 1. The summed E-state index contributed by atoms with van der Waals surface area (Å²) in [6, 6.07) is 8.39. The smallest absolute Gasteiger partial charge is 0.240 e. The highest BCUT2D eigenvalue weighted by molar-refractivity contribution is 7.14. The molecule has 2 amide bonds. The minimum absolute atomic E-state index is 0.0637. The van der Waals surface area contributed by atoms with Crippen molar-refractivity contribution in [1.29, 1.82) is 0 Å². The average molecular weight is 360 g/mol. The van der Waals surface area contributed by atoms with Gasteiger partial charge in [0.15, 0.2) is 5.13 Å². The Hall–Kier alpha value is -2.53. The van der Waals surface area contributed by atoms with Crippen LogP contribution in [0.2, 0.25) is 0 Å². The Morgan fingerprint density at radius 3 is 1.92 bits per heavy atom. The zero-order valence-corrected chi connectivity index (χ0v) is 14.7. The zero-order valence-electron chi connectivity index (χ0n) is 13.9. The van der Waals surface area contributed by atoms with Gasteiger partial charge in [-0.3, -0.25) is 9.59 Å². The second-order valence-corrected chi connectivity index (χ2v) is 8.36. The topological polar surface area (TPSA) is 50.3 Å². The quantitative estimate of drug-likeness (QED) is 0.732. The molecule has 0 N–H and O–H groups in total. The summed E-state index contributed by atoms with van der Waals surface area (Å²) in [5, 5.41) is 2.32. The van der Waals surface area contributed by atoms with Crippen molar-refractivity contribution in [1.82, 2.24) is 4.98 Å². The lowest BCUT2D eigenvalue weighted by Gasteiger charge is -2.53. The molecule has 26 heavy (non-hydrogen) atoms. The number of allylic oxidation sites excluding steroid dienone is 4. The fourth-order valence-corrected chi connectivity index (χ4v) is 6.39. The van der Waals surface area contributed by atoms with E-state index in [1.165, 1.54) is 27.4 Å². The number of nitrogens with zero attached hydrogens (tertiary/aromatic N) is 2. The number of amides is 2. The van der Waals surface area contributed by atoms with E-state index >= 15 is 0 Å². The van der Waals surface area contributed by atoms with Crippen molar-refractivity contribution in [2.24, 2.45) is 23.7 Å². The third kappa shape index (κ3) is 1.62. The summed E-state index contributed by atoms with van der Waals surface area (Å²) in [6.45, 7) is 0. The molecule has 1 aromatic heterocycles. The van der Waals surface area contributed by atoms with Crippen LogP contribution in [0.3, 0.4) is 0 Å². The summed E-state index contributed by atoms with van der Waals surface area (Å²) in [5.74, 6) is 0.0139. The summed E-state index contributed by atoms with van der Waals surface area (Å²) in [5.41, 5.74) is 2.50. The summed E-state index contributed by atoms with van der Waals surface area (Å²) < 4.78 is 0. The van der Waals surface area contributed by atoms with Gasteiger partial charge in [0.25, 0.3) is 0 Å². The third-order valence-electron chi connectivity index (χ3n) is 6.55. The summed E-state index contributed by atoms with van der Waals surface area (Å²) >= 11 is 1.35. The lowest BCUT2D eigenvalue weighted by Crippen LogP contribution is -2.49. The van der Waals surface area contributed by atoms with Crippen molar-refractivity contribution < 1.29 is 9.59 Å². The highest BCUT2D eigenvalue weighted by atomic mass is 32.1. The van der Waals surface area contributed by atoms with Crippen molar-refractivity contribution in [3.63, 3.8) is 0 Å². The molecule has 128 valence electrons. The van der Waals surface area contributed by atoms with Crippen LogP contribution >= 0.6 is 11.3 Å². The maximum Gasteiger partial charge on any atom is 0.240 e. The van der Waals surface area contributed by atoms with Gasteiger partial charge in [0.2, 0.25) is 11.8 Å². The SMILES string of the molecule is O=C1[C@@H]2[C@H](C(=O)N1c1nccs1)[C@@H]1c3ccccc3[C@@H]2[C@H]2C=CC=C[C@H]21. The van der Waals surface area contributed by atoms with E-state index in [2.05, 4.69) is 41.4 Å². The van der Waals surface area contributed by atoms with E-state index in [0.717, 1.165) is 0 Å². The van der Waals surface area contributed by atoms with Crippen LogP contribution in [0, 0.1) is 23.7 Å². The van der Waals surface area contributed by atoms with Gasteiger partial charge in [-0.15, -0.1) is 11.3 Å². The van der Waals surface area contributed by atoms with Crippen LogP contribution in [0.25, 0.3) is 0 Å². The van der Waals surface area contributed by atoms with Crippen LogP contribution in [0.4, 0.5) is 5.13 Å². The lowest BCUT2D eigenvalue weighted by atomic mass is 9.48. The molecule has 0 unspecified atom stereocenters. The maximum atomic E-state index is 13.4. The van der Waals surface area contributed by atoms with E-state index in [1.54, 1.807) is 6.20 Å². The maximum absolute atomic E-state index is 13.4. The molecule has 1 saturated heterocycles. The number of imide groups is 1. The van der Waals surface area contributed by atoms with E-state index in [-0.39, 0.29) is 47.3 Å². The molecule has 1 saturated carbocycles. The van der Waals surface area contributed by atoms with Gasteiger partial charge in [-0.25, -0.2) is 9.88 Å². The minimum atomic E-state index is -0.274. The molecule has 4 aliphatic carbocycles. The number of rotatable bonds is 1. The molecular weight excluding hydrogens is 344 g/mol. The molecule has 2 heterocycles. The largest absolute Gasteiger partial charge is 0.274 e. The Kier molecular flexibility index (Phi) is 2.82. The zero-order chi connectivity index (χ0) is 17.4. The Morgan fingerprint density at radius 1 is 0.846 bits per heavy atom. The molecule has 4 nitrogen and oxygen atoms in total. The van der Waals surface area contributed by atoms with Gasteiger partial charge in [-0.1, -0.05) is 48.6 Å². The first kappa shape index (κ1) is 14.6. The first-order chi connectivity index (χ1) is 12.8. The Bertz CT molecular complexity index is 930. The first-order valence-electron chi connectivity index (χ1n) is 8.98. The number of aromatic nitrogens is 1. The van der Waals surface area contributed by atoms with E-state index < -0.39 is 0 Å². The van der Waals surface area contributed by atoms with Gasteiger partial charge >= 0.3 is 0 Å². The van der Waals surface area contributed by atoms with E-state index in [0.29, 0.717) is 5.13 Å². The first-order valence-corrected chi connectivity index (χ1v) is 9.86. The second-order valence-electron chi connectivity index (χ2n) is 7.48. The van der Waals surface area contributed by atoms with E-state index in [9.17, 15) is 9.59 Å². The Labute approximate surface area is 154 Å². The van der Waals surface area contributed by atoms with Crippen molar-refractivity contribution >= 4 is 28.3 Å². The molecule has 1 aromatic carbocycles. The summed E-state index contributed by atoms with van der Waals surface area (Å²) in [4.78, 5) is 32.3. The summed E-state index contributed by atoms with van der Waals surface area (Å²) in [6.07, 6.45) is 10.3. The third-order valence-corrected chi connectivity index (χ3v) is 7.30. The Morgan fingerprint density at radius 2 is 1.42 bits per heavy atom. The monoisotopic (exact) mass is 360 g/mol. The van der Waals surface area contributed by atoms with Crippen molar-refractivity contribution in [3.8, 4) is 0 Å². The van der Waals surface area contributed by atoms with Gasteiger partial charge in [0, 0.05) is 23.4 Å². The lowest BCUT2D eigenvalue weighted by molar-refractivity contribution is -0.125. The van der Waals surface area contributed by atoms with Crippen LogP contribution in [0.1, 0.15) is 23.0 Å². The summed E-state index contributed by atoms with van der Waals surface area (Å²) in [7, 11) is 0. The molecule has 1 aliphatic heterocycles. The van der Waals surface area contributed by atoms with Crippen molar-refractivity contribution in [2.45, 2.75) is 11.8 Å². The highest BCUT2D eigenvalue weighted by Crippen LogP contribution is 2.64. The number of hydrogen-bond acceptors (Lipinski definition) is 4. The van der Waals surface area contributed by atoms with E-state index in [4.69, 9.17) is 0 Å². The van der Waals surface area contributed by atoms with Gasteiger partial charge in [-0.2, -0.15) is 0 Å². The average Bonchev–Trinajstić information content (AvgIpc) is 3.29. The molecule has 2 fully saturated rings. The number of benzene rings is 1. The van der Waals surface area contributed by atoms with Gasteiger partial charge in [0.05, 0.1) is 11.8 Å². The van der Waals surface area contributed by atoms with Gasteiger partial charge in [-0.05, 0) is 23.0 Å². The van der Waals surface area contributed by atoms with Crippen LogP contribution in [0.5, 0.6) is 0 Å². The number of anilines is 1. The molecule has 2 aromatic rings. The molecule has 0 spiro atoms. The molecule has 0 radical (unpaired) electrons. The molecule has 5 aliphatic rings. The van der Waals surface area contributed by atoms with Crippen molar-refractivity contribution in [2.75, 3.05) is 4.90 Å². The fourth-order valence-electron chi connectivity index (χ4n) is 5.74. The Balaban J connectivity index is 1.57. The molecule has 6 atom stereocenters. The van der Waals surface area contributed by atoms with Crippen LogP contribution in [-0.4, -0.2) is 16.8 Å². The minimum Gasteiger partial charge on any atom is -0.274 e. The van der Waals surface area contributed by atoms with Crippen LogP contribution < -0.4 is 4.90 Å². The van der Waals surface area contributed by atoms with Crippen LogP contribution in [0.15, 0.2) is 60.1 Å². The predicted molar refractivity (Wildman–Crippen MR) is 98.8 cm³/mol. The molecular formula is C21H16N2O2S. The highest BCUT2D eigenvalue weighted by Gasteiger charge is 2.65. The van der Waals surface area contributed by atoms with Crippen LogP contribution in [-0.2, 0) is 9.59 Å². The second kappa shape index (κ2) is 5.01. The van der Waals surface area contributed by atoms with Crippen molar-refractivity contribution in [3.05, 3.63) is 71.3 Å². The molecule has 2 bridgehead atoms. The van der Waals surface area contributed by atoms with Gasteiger partial charge < -0.3 is 0 Å². The predicted octanol–water partition coefficient (Wildman–Crippen LogP) is 3.50. The molecule has 5 heteroatoms. The number of carbonyl (C=O) groups excluding carboxylic acids is 2.